The summed E-state index contributed by atoms with van der Waals surface area (Å²) in [6.07, 6.45) is 5.77. The Morgan fingerprint density at radius 3 is 2.48 bits per heavy atom. The van der Waals surface area contributed by atoms with Gasteiger partial charge in [0, 0.05) is 25.2 Å². The Bertz CT molecular complexity index is 571. The summed E-state index contributed by atoms with van der Waals surface area (Å²) >= 11 is 0. The van der Waals surface area contributed by atoms with E-state index in [0.29, 0.717) is 24.5 Å². The molecule has 140 valence electrons. The molecule has 6 heteroatoms. The maximum atomic E-state index is 11.0. The number of nitrogens with zero attached hydrogens (tertiary/aromatic N) is 1. The number of likely N-dealkylation sites (tertiary alicyclic amines) is 1. The second-order valence-electron chi connectivity index (χ2n) is 6.93. The van der Waals surface area contributed by atoms with Gasteiger partial charge in [-0.05, 0) is 37.7 Å². The Hall–Kier alpha value is -1.07. The summed E-state index contributed by atoms with van der Waals surface area (Å²) < 4.78 is 0. The summed E-state index contributed by atoms with van der Waals surface area (Å²) in [6, 6.07) is 11.7. The van der Waals surface area contributed by atoms with Crippen LogP contribution in [-0.4, -0.2) is 42.5 Å². The van der Waals surface area contributed by atoms with Gasteiger partial charge in [0.15, 0.2) is 0 Å². The van der Waals surface area contributed by atoms with Crippen molar-refractivity contribution in [2.24, 2.45) is 11.7 Å². The van der Waals surface area contributed by atoms with Gasteiger partial charge in [-0.3, -0.25) is 9.69 Å². The summed E-state index contributed by atoms with van der Waals surface area (Å²) in [5.41, 5.74) is 8.02. The molecular formula is C19H29Cl2N3O. The topological polar surface area (TPSA) is 58.4 Å². The van der Waals surface area contributed by atoms with Crippen molar-refractivity contribution in [1.29, 1.82) is 0 Å². The third-order valence-corrected chi connectivity index (χ3v) is 4.99. The van der Waals surface area contributed by atoms with Crippen LogP contribution in [0.1, 0.15) is 31.7 Å². The molecule has 1 aromatic rings. The van der Waals surface area contributed by atoms with Gasteiger partial charge in [0.25, 0.3) is 0 Å². The second kappa shape index (κ2) is 10.2. The standard InChI is InChI=1S/C19H27N3O.2ClH/c1-14(11-15-5-3-2-4-6-15)17-12-18(17)21-16-7-9-22(10-8-16)13-19(20)23;;/h2-6,11,16-18,21H,7-10,12-13H2,1H3,(H2,20,23);2*1H. The fourth-order valence-corrected chi connectivity index (χ4v) is 3.58. The zero-order valence-corrected chi connectivity index (χ0v) is 16.3. The Kier molecular flexibility index (Phi) is 8.94. The predicted octanol–water partition coefficient (Wildman–Crippen LogP) is 2.86. The maximum Gasteiger partial charge on any atom is 0.231 e. The van der Waals surface area contributed by atoms with Crippen LogP contribution in [0.5, 0.6) is 0 Å². The van der Waals surface area contributed by atoms with E-state index in [1.165, 1.54) is 17.6 Å². The molecule has 3 N–H and O–H groups in total. The van der Waals surface area contributed by atoms with Crippen LogP contribution < -0.4 is 11.1 Å². The summed E-state index contributed by atoms with van der Waals surface area (Å²) in [5.74, 6) is 0.458. The molecule has 0 spiro atoms. The van der Waals surface area contributed by atoms with E-state index in [9.17, 15) is 4.79 Å². The molecule has 1 heterocycles. The van der Waals surface area contributed by atoms with Gasteiger partial charge in [-0.2, -0.15) is 0 Å². The van der Waals surface area contributed by atoms with Gasteiger partial charge in [0.1, 0.15) is 0 Å². The molecule has 1 amide bonds. The Labute approximate surface area is 163 Å². The van der Waals surface area contributed by atoms with E-state index >= 15 is 0 Å². The van der Waals surface area contributed by atoms with E-state index in [2.05, 4.69) is 53.5 Å². The number of benzene rings is 1. The molecule has 0 radical (unpaired) electrons. The van der Waals surface area contributed by atoms with Gasteiger partial charge in [-0.15, -0.1) is 24.8 Å². The first-order valence-corrected chi connectivity index (χ1v) is 8.62. The first-order valence-electron chi connectivity index (χ1n) is 8.62. The number of piperidine rings is 1. The molecule has 25 heavy (non-hydrogen) atoms. The number of nitrogens with one attached hydrogen (secondary N) is 1. The molecule has 2 fully saturated rings. The van der Waals surface area contributed by atoms with Crippen LogP contribution in [-0.2, 0) is 4.79 Å². The molecule has 1 aliphatic carbocycles. The lowest BCUT2D eigenvalue weighted by atomic mass is 10.0. The van der Waals surface area contributed by atoms with Crippen LogP contribution in [0.15, 0.2) is 35.9 Å². The van der Waals surface area contributed by atoms with Crippen molar-refractivity contribution < 1.29 is 4.79 Å². The van der Waals surface area contributed by atoms with Crippen LogP contribution >= 0.6 is 24.8 Å². The highest BCUT2D eigenvalue weighted by molar-refractivity contribution is 5.85. The van der Waals surface area contributed by atoms with E-state index in [4.69, 9.17) is 5.73 Å². The third-order valence-electron chi connectivity index (χ3n) is 4.99. The van der Waals surface area contributed by atoms with Crippen molar-refractivity contribution >= 4 is 36.8 Å². The van der Waals surface area contributed by atoms with E-state index < -0.39 is 0 Å². The Morgan fingerprint density at radius 2 is 1.88 bits per heavy atom. The quantitative estimate of drug-likeness (QED) is 0.791. The number of nitrogens with two attached hydrogens (primary N) is 1. The zero-order chi connectivity index (χ0) is 16.2. The lowest BCUT2D eigenvalue weighted by Gasteiger charge is -2.31. The third kappa shape index (κ3) is 6.63. The number of carbonyl (C=O) groups excluding carboxylic acids is 1. The van der Waals surface area contributed by atoms with Crippen molar-refractivity contribution in [3.05, 3.63) is 41.5 Å². The van der Waals surface area contributed by atoms with Gasteiger partial charge in [-0.1, -0.05) is 42.0 Å². The van der Waals surface area contributed by atoms with E-state index in [1.807, 2.05) is 0 Å². The van der Waals surface area contributed by atoms with Crippen molar-refractivity contribution in [3.63, 3.8) is 0 Å². The smallest absolute Gasteiger partial charge is 0.231 e. The van der Waals surface area contributed by atoms with E-state index in [1.54, 1.807) is 0 Å². The Morgan fingerprint density at radius 1 is 1.24 bits per heavy atom. The first kappa shape index (κ1) is 22.0. The second-order valence-corrected chi connectivity index (χ2v) is 6.93. The van der Waals surface area contributed by atoms with Crippen LogP contribution in [0, 0.1) is 5.92 Å². The molecule has 1 aliphatic heterocycles. The minimum absolute atomic E-state index is 0. The molecule has 0 bridgehead atoms. The van der Waals surface area contributed by atoms with Crippen molar-refractivity contribution in [2.75, 3.05) is 19.6 Å². The van der Waals surface area contributed by atoms with Crippen molar-refractivity contribution in [1.82, 2.24) is 10.2 Å². The molecule has 2 unspecified atom stereocenters. The van der Waals surface area contributed by atoms with E-state index in [0.717, 1.165) is 25.9 Å². The SMILES string of the molecule is CC(=Cc1ccccc1)C1CC1NC1CCN(CC(N)=O)CC1.Cl.Cl. The first-order chi connectivity index (χ1) is 11.1. The van der Waals surface area contributed by atoms with E-state index in [-0.39, 0.29) is 30.7 Å². The molecule has 2 aliphatic rings. The lowest BCUT2D eigenvalue weighted by molar-refractivity contribution is -0.119. The zero-order valence-electron chi connectivity index (χ0n) is 14.7. The minimum atomic E-state index is -0.222. The van der Waals surface area contributed by atoms with Crippen LogP contribution in [0.25, 0.3) is 6.08 Å². The van der Waals surface area contributed by atoms with Gasteiger partial charge >= 0.3 is 0 Å². The van der Waals surface area contributed by atoms with Crippen molar-refractivity contribution in [3.8, 4) is 0 Å². The molecule has 1 saturated heterocycles. The number of rotatable bonds is 6. The van der Waals surface area contributed by atoms with Crippen molar-refractivity contribution in [2.45, 2.75) is 38.3 Å². The average Bonchev–Trinajstić information content (AvgIpc) is 3.29. The largest absolute Gasteiger partial charge is 0.369 e. The number of carbonyl (C=O) groups is 1. The summed E-state index contributed by atoms with van der Waals surface area (Å²) in [6.45, 7) is 4.58. The number of hydrogen-bond donors (Lipinski definition) is 2. The molecule has 1 aromatic carbocycles. The predicted molar refractivity (Wildman–Crippen MR) is 108 cm³/mol. The highest BCUT2D eigenvalue weighted by Crippen LogP contribution is 2.38. The highest BCUT2D eigenvalue weighted by Gasteiger charge is 2.39. The fraction of sp³-hybridized carbons (Fsp3) is 0.526. The lowest BCUT2D eigenvalue weighted by Crippen LogP contribution is -2.46. The molecule has 3 rings (SSSR count). The molecule has 1 saturated carbocycles. The van der Waals surface area contributed by atoms with Gasteiger partial charge < -0.3 is 11.1 Å². The number of primary amides is 1. The van der Waals surface area contributed by atoms with Crippen LogP contribution in [0.3, 0.4) is 0 Å². The van der Waals surface area contributed by atoms with Gasteiger partial charge in [0.05, 0.1) is 6.54 Å². The minimum Gasteiger partial charge on any atom is -0.369 e. The normalized spacial score (nSPS) is 24.1. The van der Waals surface area contributed by atoms with Gasteiger partial charge in [0.2, 0.25) is 5.91 Å². The molecule has 0 aromatic heterocycles. The molecular weight excluding hydrogens is 357 g/mol. The Balaban J connectivity index is 0.00000156. The molecule has 4 nitrogen and oxygen atoms in total. The van der Waals surface area contributed by atoms with Crippen LogP contribution in [0.2, 0.25) is 0 Å². The summed E-state index contributed by atoms with van der Waals surface area (Å²) in [4.78, 5) is 13.1. The summed E-state index contributed by atoms with van der Waals surface area (Å²) in [7, 11) is 0. The van der Waals surface area contributed by atoms with Gasteiger partial charge in [-0.25, -0.2) is 0 Å². The van der Waals surface area contributed by atoms with Crippen LogP contribution in [0.4, 0.5) is 0 Å². The fourth-order valence-electron chi connectivity index (χ4n) is 3.58. The number of halogens is 2. The summed E-state index contributed by atoms with van der Waals surface area (Å²) in [5, 5.41) is 3.80. The average molecular weight is 386 g/mol. The number of hydrogen-bond acceptors (Lipinski definition) is 3. The highest BCUT2D eigenvalue weighted by atomic mass is 35.5. The monoisotopic (exact) mass is 385 g/mol. The maximum absolute atomic E-state index is 11.0. The molecule has 2 atom stereocenters. The number of amides is 1.